The summed E-state index contributed by atoms with van der Waals surface area (Å²) in [5.74, 6) is 0. The second-order valence-electron chi connectivity index (χ2n) is 15.9. The molecule has 12 rings (SSSR count). The second-order valence-corrected chi connectivity index (χ2v) is 15.9. The summed E-state index contributed by atoms with van der Waals surface area (Å²) in [6.07, 6.45) is 0.344. The summed E-state index contributed by atoms with van der Waals surface area (Å²) in [6, 6.07) is 66.7. The molecule has 60 heavy (non-hydrogen) atoms. The molecule has 0 spiro atoms. The van der Waals surface area contributed by atoms with E-state index in [0.717, 1.165) is 105 Å². The van der Waals surface area contributed by atoms with Gasteiger partial charge in [0.1, 0.15) is 28.5 Å². The van der Waals surface area contributed by atoms with Crippen LogP contribution in [0.15, 0.2) is 207 Å². The van der Waals surface area contributed by atoms with Crippen LogP contribution in [-0.4, -0.2) is 5.71 Å². The Balaban J connectivity index is 1.03. The van der Waals surface area contributed by atoms with Crippen LogP contribution in [0.5, 0.6) is 0 Å². The second kappa shape index (κ2) is 13.7. The molecule has 3 heterocycles. The lowest BCUT2D eigenvalue weighted by Gasteiger charge is -2.22. The Kier molecular flexibility index (Phi) is 7.85. The molecule has 1 aliphatic rings. The molecule has 0 aliphatic carbocycles. The molecule has 9 aromatic carbocycles. The Morgan fingerprint density at radius 3 is 1.98 bits per heavy atom. The Labute approximate surface area is 346 Å². The van der Waals surface area contributed by atoms with Gasteiger partial charge in [-0.05, 0) is 80.6 Å². The van der Waals surface area contributed by atoms with E-state index in [0.29, 0.717) is 6.42 Å². The summed E-state index contributed by atoms with van der Waals surface area (Å²) in [4.78, 5) is 5.59. The van der Waals surface area contributed by atoms with E-state index < -0.39 is 0 Å². The van der Waals surface area contributed by atoms with Crippen molar-refractivity contribution in [2.24, 2.45) is 4.99 Å². The Bertz CT molecular complexity index is 3570. The maximum Gasteiger partial charge on any atom is 0.145 e. The van der Waals surface area contributed by atoms with Gasteiger partial charge in [-0.15, -0.1) is 0 Å². The summed E-state index contributed by atoms with van der Waals surface area (Å²) >= 11 is 0. The number of para-hydroxylation sites is 2. The fraction of sp³-hybridized carbons (Fsp3) is 0.0536. The van der Waals surface area contributed by atoms with Gasteiger partial charge < -0.3 is 14.2 Å². The number of rotatable bonds is 5. The zero-order valence-corrected chi connectivity index (χ0v) is 32.9. The number of hydrogen-bond donors (Lipinski definition) is 1. The van der Waals surface area contributed by atoms with Crippen molar-refractivity contribution < 1.29 is 8.83 Å². The summed E-state index contributed by atoms with van der Waals surface area (Å²) in [7, 11) is 0. The van der Waals surface area contributed by atoms with E-state index in [4.69, 9.17) is 13.8 Å². The van der Waals surface area contributed by atoms with Crippen LogP contribution in [0.1, 0.15) is 36.2 Å². The number of furan rings is 2. The third kappa shape index (κ3) is 5.49. The van der Waals surface area contributed by atoms with Gasteiger partial charge in [-0.1, -0.05) is 164 Å². The molecule has 11 aromatic rings. The molecule has 0 radical (unpaired) electrons. The van der Waals surface area contributed by atoms with Crippen molar-refractivity contribution in [1.29, 1.82) is 0 Å². The van der Waals surface area contributed by atoms with Crippen LogP contribution in [0.25, 0.3) is 93.4 Å². The van der Waals surface area contributed by atoms with Crippen molar-refractivity contribution in [2.45, 2.75) is 19.5 Å². The maximum absolute atomic E-state index is 6.79. The molecule has 1 unspecified atom stereocenters. The van der Waals surface area contributed by atoms with Crippen molar-refractivity contribution in [3.8, 4) is 22.3 Å². The quantitative estimate of drug-likeness (QED) is 0.190. The predicted molar refractivity (Wildman–Crippen MR) is 249 cm³/mol. The Hall–Kier alpha value is -7.69. The molecule has 1 atom stereocenters. The molecule has 0 saturated heterocycles. The van der Waals surface area contributed by atoms with Gasteiger partial charge in [0.05, 0.1) is 0 Å². The SMILES string of the molecule is CC1=C(c2cccc3oc4ccccc4c23)NC(c2ccc(-c3cccc4oc5c(-c6ccc7ccccc7c6)cccc5c34)c3ccccc23)N=C(c2ccccc2)C1. The molecule has 4 heteroatoms. The largest absolute Gasteiger partial charge is 0.456 e. The highest BCUT2D eigenvalue weighted by molar-refractivity contribution is 6.18. The highest BCUT2D eigenvalue weighted by Crippen LogP contribution is 2.44. The first-order valence-electron chi connectivity index (χ1n) is 20.6. The molecule has 0 fully saturated rings. The van der Waals surface area contributed by atoms with E-state index in [-0.39, 0.29) is 6.17 Å². The highest BCUT2D eigenvalue weighted by atomic mass is 16.3. The van der Waals surface area contributed by atoms with E-state index in [9.17, 15) is 0 Å². The smallest absolute Gasteiger partial charge is 0.145 e. The zero-order chi connectivity index (χ0) is 39.7. The van der Waals surface area contributed by atoms with Gasteiger partial charge in [0.2, 0.25) is 0 Å². The standard InChI is InChI=1S/C56H38N2O2/c1-34-32-48(36-15-3-2-4-16-36)57-56(58-54(34)46-23-13-26-50-53(46)45-20-9-10-25-49(45)59-50)44-31-30-42(40-18-7-8-19-41(40)44)43-22-12-27-51-52(43)47-24-11-21-39(55(47)60-51)38-29-28-35-14-5-6-17-37(35)33-38/h2-31,33,56,58H,32H2,1H3. The van der Waals surface area contributed by atoms with Gasteiger partial charge in [0, 0.05) is 56.1 Å². The van der Waals surface area contributed by atoms with Crippen LogP contribution in [-0.2, 0) is 0 Å². The minimum absolute atomic E-state index is 0.366. The van der Waals surface area contributed by atoms with E-state index in [1.807, 2.05) is 12.1 Å². The van der Waals surface area contributed by atoms with Gasteiger partial charge >= 0.3 is 0 Å². The lowest BCUT2D eigenvalue weighted by atomic mass is 9.91. The van der Waals surface area contributed by atoms with Crippen molar-refractivity contribution >= 4 is 76.8 Å². The summed E-state index contributed by atoms with van der Waals surface area (Å²) < 4.78 is 13.2. The zero-order valence-electron chi connectivity index (χ0n) is 32.9. The number of aliphatic imine (C=N–C) groups is 1. The van der Waals surface area contributed by atoms with Crippen molar-refractivity contribution in [2.75, 3.05) is 0 Å². The van der Waals surface area contributed by atoms with Crippen LogP contribution >= 0.6 is 0 Å². The number of fused-ring (bicyclic) bond motifs is 8. The Morgan fingerprint density at radius 1 is 0.467 bits per heavy atom. The minimum Gasteiger partial charge on any atom is -0.456 e. The molecule has 0 bridgehead atoms. The summed E-state index contributed by atoms with van der Waals surface area (Å²) in [5.41, 5.74) is 14.8. The van der Waals surface area contributed by atoms with Crippen LogP contribution in [0.4, 0.5) is 0 Å². The number of allylic oxidation sites excluding steroid dienone is 1. The number of hydrogen-bond acceptors (Lipinski definition) is 4. The van der Waals surface area contributed by atoms with Crippen LogP contribution in [0.3, 0.4) is 0 Å². The molecule has 0 amide bonds. The summed E-state index contributed by atoms with van der Waals surface area (Å²) in [6.45, 7) is 2.23. The molecular weight excluding hydrogens is 733 g/mol. The van der Waals surface area contributed by atoms with Crippen molar-refractivity contribution in [3.05, 3.63) is 210 Å². The number of nitrogens with one attached hydrogen (secondary N) is 1. The third-order valence-corrected chi connectivity index (χ3v) is 12.3. The molecule has 4 nitrogen and oxygen atoms in total. The van der Waals surface area contributed by atoms with E-state index >= 15 is 0 Å². The van der Waals surface area contributed by atoms with Crippen LogP contribution in [0, 0.1) is 0 Å². The predicted octanol–water partition coefficient (Wildman–Crippen LogP) is 15.0. The molecule has 284 valence electrons. The van der Waals surface area contributed by atoms with Gasteiger partial charge in [-0.25, -0.2) is 0 Å². The van der Waals surface area contributed by atoms with Crippen molar-refractivity contribution in [3.63, 3.8) is 0 Å². The first-order valence-corrected chi connectivity index (χ1v) is 20.6. The fourth-order valence-electron chi connectivity index (χ4n) is 9.53. The topological polar surface area (TPSA) is 50.7 Å². The molecule has 1 N–H and O–H groups in total. The van der Waals surface area contributed by atoms with Gasteiger partial charge in [-0.2, -0.15) is 0 Å². The molecule has 2 aromatic heterocycles. The lowest BCUT2D eigenvalue weighted by molar-refractivity contribution is 0.668. The lowest BCUT2D eigenvalue weighted by Crippen LogP contribution is -2.19. The molecule has 1 aliphatic heterocycles. The van der Waals surface area contributed by atoms with E-state index in [1.54, 1.807) is 0 Å². The maximum atomic E-state index is 6.79. The van der Waals surface area contributed by atoms with Gasteiger partial charge in [0.15, 0.2) is 0 Å². The first-order chi connectivity index (χ1) is 29.7. The molecular formula is C56H38N2O2. The van der Waals surface area contributed by atoms with Crippen molar-refractivity contribution in [1.82, 2.24) is 5.32 Å². The fourth-order valence-corrected chi connectivity index (χ4v) is 9.53. The highest BCUT2D eigenvalue weighted by Gasteiger charge is 2.26. The number of nitrogens with zero attached hydrogens (tertiary/aromatic N) is 1. The third-order valence-electron chi connectivity index (χ3n) is 12.3. The van der Waals surface area contributed by atoms with Crippen LogP contribution in [0.2, 0.25) is 0 Å². The average Bonchev–Trinajstić information content (AvgIpc) is 3.83. The van der Waals surface area contributed by atoms with Gasteiger partial charge in [0.25, 0.3) is 0 Å². The van der Waals surface area contributed by atoms with E-state index in [2.05, 4.69) is 188 Å². The monoisotopic (exact) mass is 770 g/mol. The molecule has 0 saturated carbocycles. The van der Waals surface area contributed by atoms with Gasteiger partial charge in [-0.3, -0.25) is 4.99 Å². The first kappa shape index (κ1) is 34.4. The Morgan fingerprint density at radius 2 is 1.12 bits per heavy atom. The normalized spacial score (nSPS) is 14.7. The minimum atomic E-state index is -0.366. The van der Waals surface area contributed by atoms with E-state index in [1.165, 1.54) is 16.3 Å². The average molecular weight is 771 g/mol. The van der Waals surface area contributed by atoms with Crippen LogP contribution < -0.4 is 5.32 Å². The summed E-state index contributed by atoms with van der Waals surface area (Å²) in [5, 5.41) is 13.2. The number of benzene rings is 9.